The van der Waals surface area contributed by atoms with E-state index in [0.717, 1.165) is 31.8 Å². The van der Waals surface area contributed by atoms with Crippen molar-refractivity contribution in [2.75, 3.05) is 26.3 Å². The molecule has 2 aliphatic heterocycles. The van der Waals surface area contributed by atoms with Crippen LogP contribution in [-0.4, -0.2) is 42.6 Å². The van der Waals surface area contributed by atoms with Crippen LogP contribution < -0.4 is 5.73 Å². The molecule has 0 aromatic carbocycles. The minimum atomic E-state index is -0.662. The molecule has 0 spiro atoms. The monoisotopic (exact) mass is 254 g/mol. The van der Waals surface area contributed by atoms with E-state index in [1.807, 2.05) is 4.90 Å². The number of amides is 1. The lowest BCUT2D eigenvalue weighted by Gasteiger charge is -2.36. The summed E-state index contributed by atoms with van der Waals surface area (Å²) in [5.74, 6) is 0.939. The Hall–Kier alpha value is -0.610. The molecule has 0 aliphatic carbocycles. The first-order valence-corrected chi connectivity index (χ1v) is 7.32. The summed E-state index contributed by atoms with van der Waals surface area (Å²) in [6.07, 6.45) is 6.06. The standard InChI is InChI=1S/C14H26N2O2/c1-2-12-4-3-8-16(9-5-12)13(17)14(15)6-10-18-11-7-14/h12H,2-11,15H2,1H3. The van der Waals surface area contributed by atoms with Crippen molar-refractivity contribution in [1.29, 1.82) is 0 Å². The molecule has 0 aromatic rings. The maximum atomic E-state index is 12.6. The Morgan fingerprint density at radius 1 is 1.33 bits per heavy atom. The van der Waals surface area contributed by atoms with Gasteiger partial charge in [0, 0.05) is 26.3 Å². The van der Waals surface area contributed by atoms with E-state index in [1.54, 1.807) is 0 Å². The molecule has 2 heterocycles. The van der Waals surface area contributed by atoms with Crippen LogP contribution in [0.4, 0.5) is 0 Å². The highest BCUT2D eigenvalue weighted by Crippen LogP contribution is 2.25. The molecule has 1 amide bonds. The number of nitrogens with zero attached hydrogens (tertiary/aromatic N) is 1. The van der Waals surface area contributed by atoms with Crippen LogP contribution in [-0.2, 0) is 9.53 Å². The topological polar surface area (TPSA) is 55.6 Å². The number of nitrogens with two attached hydrogens (primary N) is 1. The lowest BCUT2D eigenvalue weighted by molar-refractivity contribution is -0.140. The van der Waals surface area contributed by atoms with Crippen molar-refractivity contribution in [3.05, 3.63) is 0 Å². The number of hydrogen-bond acceptors (Lipinski definition) is 3. The lowest BCUT2D eigenvalue weighted by atomic mass is 9.89. The third-order valence-electron chi connectivity index (χ3n) is 4.52. The molecule has 2 aliphatic rings. The first-order chi connectivity index (χ1) is 8.65. The van der Waals surface area contributed by atoms with Gasteiger partial charge in [0.15, 0.2) is 0 Å². The summed E-state index contributed by atoms with van der Waals surface area (Å²) in [6, 6.07) is 0. The highest BCUT2D eigenvalue weighted by Gasteiger charge is 2.39. The average molecular weight is 254 g/mol. The van der Waals surface area contributed by atoms with E-state index < -0.39 is 5.54 Å². The summed E-state index contributed by atoms with van der Waals surface area (Å²) >= 11 is 0. The predicted molar refractivity (Wildman–Crippen MR) is 71.2 cm³/mol. The smallest absolute Gasteiger partial charge is 0.242 e. The summed E-state index contributed by atoms with van der Waals surface area (Å²) in [5.41, 5.74) is 5.62. The van der Waals surface area contributed by atoms with Crippen molar-refractivity contribution in [2.24, 2.45) is 11.7 Å². The Labute approximate surface area is 110 Å². The van der Waals surface area contributed by atoms with Crippen LogP contribution in [0.3, 0.4) is 0 Å². The van der Waals surface area contributed by atoms with Gasteiger partial charge < -0.3 is 15.4 Å². The van der Waals surface area contributed by atoms with Crippen LogP contribution in [0.1, 0.15) is 45.4 Å². The molecular weight excluding hydrogens is 228 g/mol. The minimum Gasteiger partial charge on any atom is -0.381 e. The van der Waals surface area contributed by atoms with Gasteiger partial charge in [-0.3, -0.25) is 4.79 Å². The van der Waals surface area contributed by atoms with Crippen LogP contribution in [0.2, 0.25) is 0 Å². The molecule has 2 fully saturated rings. The molecule has 0 saturated carbocycles. The second-order valence-corrected chi connectivity index (χ2v) is 5.77. The summed E-state index contributed by atoms with van der Waals surface area (Å²) in [7, 11) is 0. The van der Waals surface area contributed by atoms with E-state index in [2.05, 4.69) is 6.92 Å². The molecule has 1 unspecified atom stereocenters. The van der Waals surface area contributed by atoms with E-state index >= 15 is 0 Å². The van der Waals surface area contributed by atoms with E-state index in [-0.39, 0.29) is 5.91 Å². The normalized spacial score (nSPS) is 28.8. The zero-order chi connectivity index (χ0) is 13.0. The Bertz CT molecular complexity index is 288. The second-order valence-electron chi connectivity index (χ2n) is 5.77. The Morgan fingerprint density at radius 3 is 2.72 bits per heavy atom. The van der Waals surface area contributed by atoms with Crippen LogP contribution >= 0.6 is 0 Å². The molecule has 0 radical (unpaired) electrons. The van der Waals surface area contributed by atoms with Gasteiger partial charge in [0.1, 0.15) is 0 Å². The van der Waals surface area contributed by atoms with Gasteiger partial charge in [-0.1, -0.05) is 13.3 Å². The second kappa shape index (κ2) is 6.02. The zero-order valence-corrected chi connectivity index (χ0v) is 11.5. The summed E-state index contributed by atoms with van der Waals surface area (Å²) in [5, 5.41) is 0. The summed E-state index contributed by atoms with van der Waals surface area (Å²) < 4.78 is 5.31. The number of rotatable bonds is 2. The molecule has 4 nitrogen and oxygen atoms in total. The maximum absolute atomic E-state index is 12.6. The molecule has 0 aromatic heterocycles. The lowest BCUT2D eigenvalue weighted by Crippen LogP contribution is -2.58. The third kappa shape index (κ3) is 3.04. The molecule has 2 N–H and O–H groups in total. The largest absolute Gasteiger partial charge is 0.381 e. The molecule has 104 valence electrons. The van der Waals surface area contributed by atoms with Crippen LogP contribution in [0, 0.1) is 5.92 Å². The van der Waals surface area contributed by atoms with Crippen molar-refractivity contribution < 1.29 is 9.53 Å². The fourth-order valence-electron chi connectivity index (χ4n) is 3.04. The molecule has 1 atom stereocenters. The Morgan fingerprint density at radius 2 is 2.06 bits per heavy atom. The van der Waals surface area contributed by atoms with Gasteiger partial charge in [-0.15, -0.1) is 0 Å². The fraction of sp³-hybridized carbons (Fsp3) is 0.929. The highest BCUT2D eigenvalue weighted by molar-refractivity contribution is 5.86. The van der Waals surface area contributed by atoms with Crippen molar-refractivity contribution >= 4 is 5.91 Å². The van der Waals surface area contributed by atoms with Crippen LogP contribution in [0.15, 0.2) is 0 Å². The van der Waals surface area contributed by atoms with Crippen LogP contribution in [0.5, 0.6) is 0 Å². The van der Waals surface area contributed by atoms with Gasteiger partial charge in [-0.25, -0.2) is 0 Å². The van der Waals surface area contributed by atoms with Gasteiger partial charge in [-0.05, 0) is 38.0 Å². The molecule has 2 saturated heterocycles. The summed E-state index contributed by atoms with van der Waals surface area (Å²) in [6.45, 7) is 5.25. The molecule has 0 bridgehead atoms. The van der Waals surface area contributed by atoms with Crippen molar-refractivity contribution in [3.8, 4) is 0 Å². The van der Waals surface area contributed by atoms with Gasteiger partial charge in [0.05, 0.1) is 5.54 Å². The van der Waals surface area contributed by atoms with Crippen LogP contribution in [0.25, 0.3) is 0 Å². The van der Waals surface area contributed by atoms with Gasteiger partial charge in [0.2, 0.25) is 5.91 Å². The molecule has 4 heteroatoms. The minimum absolute atomic E-state index is 0.155. The number of hydrogen-bond donors (Lipinski definition) is 1. The van der Waals surface area contributed by atoms with Crippen molar-refractivity contribution in [2.45, 2.75) is 51.0 Å². The Kier molecular flexibility index (Phi) is 4.62. The van der Waals surface area contributed by atoms with Gasteiger partial charge in [0.25, 0.3) is 0 Å². The van der Waals surface area contributed by atoms with Crippen molar-refractivity contribution in [1.82, 2.24) is 4.90 Å². The number of likely N-dealkylation sites (tertiary alicyclic amines) is 1. The molecular formula is C14H26N2O2. The number of carbonyl (C=O) groups is 1. The Balaban J connectivity index is 1.95. The third-order valence-corrected chi connectivity index (χ3v) is 4.52. The van der Waals surface area contributed by atoms with E-state index in [4.69, 9.17) is 10.5 Å². The van der Waals surface area contributed by atoms with E-state index in [1.165, 1.54) is 12.8 Å². The first-order valence-electron chi connectivity index (χ1n) is 7.32. The summed E-state index contributed by atoms with van der Waals surface area (Å²) in [4.78, 5) is 14.6. The highest BCUT2D eigenvalue weighted by atomic mass is 16.5. The van der Waals surface area contributed by atoms with E-state index in [9.17, 15) is 4.79 Å². The molecule has 2 rings (SSSR count). The zero-order valence-electron chi connectivity index (χ0n) is 11.5. The quantitative estimate of drug-likeness (QED) is 0.813. The number of ether oxygens (including phenoxy) is 1. The molecule has 18 heavy (non-hydrogen) atoms. The van der Waals surface area contributed by atoms with Gasteiger partial charge in [-0.2, -0.15) is 0 Å². The van der Waals surface area contributed by atoms with Crippen molar-refractivity contribution in [3.63, 3.8) is 0 Å². The maximum Gasteiger partial charge on any atom is 0.242 e. The van der Waals surface area contributed by atoms with Gasteiger partial charge >= 0.3 is 0 Å². The van der Waals surface area contributed by atoms with E-state index in [0.29, 0.717) is 26.1 Å². The first kappa shape index (κ1) is 13.8. The number of carbonyl (C=O) groups excluding carboxylic acids is 1. The predicted octanol–water partition coefficient (Wildman–Crippen LogP) is 1.53. The SMILES string of the molecule is CCC1CCCN(C(=O)C2(N)CCOCC2)CC1. The fourth-order valence-corrected chi connectivity index (χ4v) is 3.04. The average Bonchev–Trinajstić information content (AvgIpc) is 2.64.